The van der Waals surface area contributed by atoms with Gasteiger partial charge in [-0.05, 0) is 12.5 Å². The monoisotopic (exact) mass is 352 g/mol. The predicted molar refractivity (Wildman–Crippen MR) is 81.0 cm³/mol. The molecule has 132 valence electrons. The van der Waals surface area contributed by atoms with E-state index < -0.39 is 24.0 Å². The molecule has 2 saturated heterocycles. The van der Waals surface area contributed by atoms with Crippen LogP contribution in [0.2, 0.25) is 0 Å². The van der Waals surface area contributed by atoms with E-state index in [1.807, 2.05) is 0 Å². The fourth-order valence-corrected chi connectivity index (χ4v) is 2.99. The second-order valence-electron chi connectivity index (χ2n) is 5.68. The fourth-order valence-electron chi connectivity index (χ4n) is 2.99. The molecular formula is C16H14F2N2O5. The highest BCUT2D eigenvalue weighted by Crippen LogP contribution is 2.37. The lowest BCUT2D eigenvalue weighted by Crippen LogP contribution is -2.33. The minimum Gasteiger partial charge on any atom is -0.447 e. The Morgan fingerprint density at radius 3 is 2.80 bits per heavy atom. The number of hydrogen-bond donors (Lipinski definition) is 0. The van der Waals surface area contributed by atoms with Gasteiger partial charge in [0.1, 0.15) is 6.61 Å². The maximum atomic E-state index is 14.4. The molecule has 0 N–H and O–H groups in total. The molecule has 1 aromatic heterocycles. The number of amides is 1. The summed E-state index contributed by atoms with van der Waals surface area (Å²) in [5.41, 5.74) is -0.494. The molecule has 1 atom stereocenters. The van der Waals surface area contributed by atoms with Crippen molar-refractivity contribution in [1.82, 2.24) is 5.16 Å². The molecule has 25 heavy (non-hydrogen) atoms. The van der Waals surface area contributed by atoms with Crippen LogP contribution in [0, 0.1) is 11.6 Å². The minimum atomic E-state index is -1.21. The number of cyclic esters (lactones) is 1. The average molecular weight is 352 g/mol. The summed E-state index contributed by atoms with van der Waals surface area (Å²) in [4.78, 5) is 13.3. The van der Waals surface area contributed by atoms with E-state index in [1.165, 1.54) is 11.0 Å². The molecule has 4 rings (SSSR count). The van der Waals surface area contributed by atoms with Gasteiger partial charge >= 0.3 is 6.09 Å². The van der Waals surface area contributed by atoms with Crippen molar-refractivity contribution in [2.24, 2.45) is 0 Å². The van der Waals surface area contributed by atoms with Crippen LogP contribution in [-0.2, 0) is 14.2 Å². The van der Waals surface area contributed by atoms with Gasteiger partial charge in [0.2, 0.25) is 11.4 Å². The standard InChI is InChI=1S/C16H14F2N2O5/c1-2-3-8-7-24-16(21)20(8)14-10-6-9(15-22-4-5-23-15)11(17)12(18)13(10)25-19-14/h2,6,8,15H,1,3-5,7H2/t8-/m0/s1. The molecule has 0 aliphatic carbocycles. The number of fused-ring (bicyclic) bond motifs is 1. The highest BCUT2D eigenvalue weighted by molar-refractivity contribution is 5.99. The molecule has 2 aliphatic rings. The molecule has 0 unspecified atom stereocenters. The summed E-state index contributed by atoms with van der Waals surface area (Å²) >= 11 is 0. The van der Waals surface area contributed by atoms with Gasteiger partial charge < -0.3 is 18.7 Å². The first-order valence-electron chi connectivity index (χ1n) is 7.69. The first-order chi connectivity index (χ1) is 12.1. The first kappa shape index (κ1) is 16.0. The fraction of sp³-hybridized carbons (Fsp3) is 0.375. The third-order valence-electron chi connectivity index (χ3n) is 4.16. The number of carbonyl (C=O) groups is 1. The molecule has 3 heterocycles. The van der Waals surface area contributed by atoms with Crippen molar-refractivity contribution in [2.45, 2.75) is 18.8 Å². The molecule has 2 fully saturated rings. The van der Waals surface area contributed by atoms with Crippen molar-refractivity contribution in [3.05, 3.63) is 35.9 Å². The minimum absolute atomic E-state index is 0.0579. The number of carbonyl (C=O) groups excluding carboxylic acids is 1. The van der Waals surface area contributed by atoms with Crippen LogP contribution >= 0.6 is 0 Å². The van der Waals surface area contributed by atoms with Crippen molar-refractivity contribution in [3.8, 4) is 0 Å². The highest BCUT2D eigenvalue weighted by Gasteiger charge is 2.38. The summed E-state index contributed by atoms with van der Waals surface area (Å²) in [6.07, 6.45) is 0.428. The molecule has 2 aliphatic heterocycles. The Bertz CT molecular complexity index is 847. The van der Waals surface area contributed by atoms with Crippen LogP contribution in [-0.4, -0.2) is 37.1 Å². The quantitative estimate of drug-likeness (QED) is 0.788. The van der Waals surface area contributed by atoms with E-state index in [-0.39, 0.29) is 48.2 Å². The zero-order chi connectivity index (χ0) is 17.6. The normalized spacial score (nSPS) is 21.3. The number of anilines is 1. The second-order valence-corrected chi connectivity index (χ2v) is 5.68. The first-order valence-corrected chi connectivity index (χ1v) is 7.69. The summed E-state index contributed by atoms with van der Waals surface area (Å²) < 4.78 is 49.2. The zero-order valence-corrected chi connectivity index (χ0v) is 13.0. The number of aromatic nitrogens is 1. The van der Waals surface area contributed by atoms with Crippen molar-refractivity contribution in [2.75, 3.05) is 24.7 Å². The molecule has 1 amide bonds. The zero-order valence-electron chi connectivity index (χ0n) is 13.0. The predicted octanol–water partition coefficient (Wildman–Crippen LogP) is 3.05. The van der Waals surface area contributed by atoms with E-state index in [9.17, 15) is 13.6 Å². The number of benzene rings is 1. The molecular weight excluding hydrogens is 338 g/mol. The van der Waals surface area contributed by atoms with Crippen LogP contribution in [0.1, 0.15) is 18.3 Å². The van der Waals surface area contributed by atoms with Gasteiger partial charge in [-0.15, -0.1) is 6.58 Å². The Hall–Kier alpha value is -2.52. The molecule has 0 saturated carbocycles. The number of halogens is 2. The largest absolute Gasteiger partial charge is 0.447 e. The molecule has 0 spiro atoms. The van der Waals surface area contributed by atoms with Crippen LogP contribution in [0.4, 0.5) is 19.4 Å². The Kier molecular flexibility index (Phi) is 3.89. The second kappa shape index (κ2) is 6.08. The van der Waals surface area contributed by atoms with Crippen molar-refractivity contribution in [3.63, 3.8) is 0 Å². The number of ether oxygens (including phenoxy) is 3. The third-order valence-corrected chi connectivity index (χ3v) is 4.16. The number of hydrogen-bond acceptors (Lipinski definition) is 6. The van der Waals surface area contributed by atoms with E-state index in [4.69, 9.17) is 18.7 Å². The van der Waals surface area contributed by atoms with E-state index in [0.717, 1.165) is 0 Å². The maximum Gasteiger partial charge on any atom is 0.416 e. The Labute approximate surface area is 140 Å². The van der Waals surface area contributed by atoms with Gasteiger partial charge in [0.15, 0.2) is 17.9 Å². The van der Waals surface area contributed by atoms with Crippen molar-refractivity contribution >= 4 is 22.9 Å². The van der Waals surface area contributed by atoms with E-state index >= 15 is 0 Å². The number of nitrogens with zero attached hydrogens (tertiary/aromatic N) is 2. The molecule has 7 nitrogen and oxygen atoms in total. The van der Waals surface area contributed by atoms with Crippen LogP contribution in [0.15, 0.2) is 23.2 Å². The van der Waals surface area contributed by atoms with Gasteiger partial charge in [0.25, 0.3) is 0 Å². The lowest BCUT2D eigenvalue weighted by atomic mass is 10.1. The van der Waals surface area contributed by atoms with Crippen LogP contribution in [0.5, 0.6) is 0 Å². The maximum absolute atomic E-state index is 14.4. The molecule has 2 aromatic rings. The van der Waals surface area contributed by atoms with Crippen molar-refractivity contribution < 1.29 is 32.3 Å². The summed E-state index contributed by atoms with van der Waals surface area (Å²) in [5.74, 6) is -2.28. The van der Waals surface area contributed by atoms with E-state index in [2.05, 4.69) is 11.7 Å². The Balaban J connectivity index is 1.85. The summed E-state index contributed by atoms with van der Waals surface area (Å²) in [5, 5.41) is 3.90. The van der Waals surface area contributed by atoms with E-state index in [0.29, 0.717) is 6.42 Å². The third kappa shape index (κ3) is 2.47. The average Bonchev–Trinajstić information content (AvgIpc) is 3.32. The van der Waals surface area contributed by atoms with Crippen LogP contribution in [0.25, 0.3) is 11.0 Å². The summed E-state index contributed by atoms with van der Waals surface area (Å²) in [6, 6.07) is 0.973. The SMILES string of the molecule is C=CC[C@H]1COC(=O)N1c1noc2c(F)c(F)c(C3OCCO3)cc12. The molecule has 1 aromatic carbocycles. The van der Waals surface area contributed by atoms with Gasteiger partial charge in [-0.2, -0.15) is 4.39 Å². The Morgan fingerprint density at radius 1 is 1.32 bits per heavy atom. The van der Waals surface area contributed by atoms with Crippen LogP contribution in [0.3, 0.4) is 0 Å². The lowest BCUT2D eigenvalue weighted by Gasteiger charge is -2.17. The molecule has 0 bridgehead atoms. The highest BCUT2D eigenvalue weighted by atomic mass is 19.2. The lowest BCUT2D eigenvalue weighted by molar-refractivity contribution is -0.0467. The molecule has 9 heteroatoms. The van der Waals surface area contributed by atoms with Gasteiger partial charge in [-0.1, -0.05) is 11.2 Å². The van der Waals surface area contributed by atoms with Crippen molar-refractivity contribution in [1.29, 1.82) is 0 Å². The topological polar surface area (TPSA) is 74.0 Å². The van der Waals surface area contributed by atoms with Gasteiger partial charge in [-0.25, -0.2) is 9.18 Å². The van der Waals surface area contributed by atoms with Gasteiger partial charge in [0.05, 0.1) is 24.6 Å². The smallest absolute Gasteiger partial charge is 0.416 e. The van der Waals surface area contributed by atoms with Gasteiger partial charge in [0, 0.05) is 5.56 Å². The Morgan fingerprint density at radius 2 is 2.08 bits per heavy atom. The van der Waals surface area contributed by atoms with Gasteiger partial charge in [-0.3, -0.25) is 4.90 Å². The van der Waals surface area contributed by atoms with E-state index in [1.54, 1.807) is 6.08 Å². The summed E-state index contributed by atoms with van der Waals surface area (Å²) in [6.45, 7) is 4.34. The summed E-state index contributed by atoms with van der Waals surface area (Å²) in [7, 11) is 0. The number of rotatable bonds is 4. The molecule has 0 radical (unpaired) electrons. The van der Waals surface area contributed by atoms with Crippen LogP contribution < -0.4 is 4.90 Å².